The molecule has 1 saturated heterocycles. The monoisotopic (exact) mass is 222 g/mol. The maximum atomic E-state index is 12.1. The van der Waals surface area contributed by atoms with Crippen LogP contribution in [0.5, 0.6) is 0 Å². The van der Waals surface area contributed by atoms with Crippen molar-refractivity contribution in [3.8, 4) is 0 Å². The van der Waals surface area contributed by atoms with Crippen LogP contribution in [0, 0.1) is 16.7 Å². The highest BCUT2D eigenvalue weighted by Gasteiger charge is 2.59. The van der Waals surface area contributed by atoms with Gasteiger partial charge in [0, 0.05) is 12.0 Å². The van der Waals surface area contributed by atoms with Crippen LogP contribution in [-0.2, 0) is 4.79 Å². The smallest absolute Gasteiger partial charge is 0.223 e. The summed E-state index contributed by atoms with van der Waals surface area (Å²) in [5, 5.41) is 6.59. The van der Waals surface area contributed by atoms with E-state index in [1.54, 1.807) is 0 Å². The average molecular weight is 222 g/mol. The summed E-state index contributed by atoms with van der Waals surface area (Å²) >= 11 is 0. The molecule has 3 rings (SSSR count). The Bertz CT molecular complexity index is 318. The van der Waals surface area contributed by atoms with E-state index in [1.165, 1.54) is 12.8 Å². The molecule has 90 valence electrons. The van der Waals surface area contributed by atoms with Gasteiger partial charge in [-0.25, -0.2) is 0 Å². The Balaban J connectivity index is 1.54. The number of rotatable bonds is 2. The summed E-state index contributed by atoms with van der Waals surface area (Å²) in [6.07, 6.45) is 4.67. The lowest BCUT2D eigenvalue weighted by atomic mass is 9.92. The van der Waals surface area contributed by atoms with Crippen molar-refractivity contribution in [2.45, 2.75) is 45.6 Å². The minimum atomic E-state index is 0.325. The van der Waals surface area contributed by atoms with Crippen molar-refractivity contribution in [3.63, 3.8) is 0 Å². The molecule has 0 radical (unpaired) electrons. The van der Waals surface area contributed by atoms with Crippen LogP contribution in [-0.4, -0.2) is 25.0 Å². The number of carbonyl (C=O) groups is 1. The van der Waals surface area contributed by atoms with E-state index in [-0.39, 0.29) is 0 Å². The highest BCUT2D eigenvalue weighted by molar-refractivity contribution is 5.83. The minimum absolute atomic E-state index is 0.325. The maximum absolute atomic E-state index is 12.1. The molecule has 2 atom stereocenters. The van der Waals surface area contributed by atoms with Crippen molar-refractivity contribution in [3.05, 3.63) is 0 Å². The SMILES string of the molecule is CC1(C)CC1NC(=O)C1CC12CCNCC2. The summed E-state index contributed by atoms with van der Waals surface area (Å²) in [4.78, 5) is 12.1. The topological polar surface area (TPSA) is 41.1 Å². The number of hydrogen-bond acceptors (Lipinski definition) is 2. The molecule has 3 nitrogen and oxygen atoms in total. The highest BCUT2D eigenvalue weighted by Crippen LogP contribution is 2.59. The van der Waals surface area contributed by atoms with Crippen LogP contribution in [0.1, 0.15) is 39.5 Å². The lowest BCUT2D eigenvalue weighted by Gasteiger charge is -2.23. The first kappa shape index (κ1) is 10.6. The molecule has 1 aliphatic heterocycles. The van der Waals surface area contributed by atoms with Gasteiger partial charge in [0.05, 0.1) is 0 Å². The standard InChI is InChI=1S/C13H22N2O/c1-12(2)8-10(12)15-11(16)9-7-13(9)3-5-14-6-4-13/h9-10,14H,3-8H2,1-2H3,(H,15,16). The van der Waals surface area contributed by atoms with Crippen molar-refractivity contribution < 1.29 is 4.79 Å². The highest BCUT2D eigenvalue weighted by atomic mass is 16.2. The van der Waals surface area contributed by atoms with Gasteiger partial charge in [0.25, 0.3) is 0 Å². The second kappa shape index (κ2) is 3.22. The van der Waals surface area contributed by atoms with Crippen LogP contribution in [0.3, 0.4) is 0 Å². The summed E-state index contributed by atoms with van der Waals surface area (Å²) in [5.74, 6) is 0.656. The van der Waals surface area contributed by atoms with Crippen molar-refractivity contribution >= 4 is 5.91 Å². The van der Waals surface area contributed by atoms with Crippen LogP contribution in [0.15, 0.2) is 0 Å². The molecule has 0 aromatic heterocycles. The fraction of sp³-hybridized carbons (Fsp3) is 0.923. The molecule has 1 amide bonds. The number of nitrogens with one attached hydrogen (secondary N) is 2. The van der Waals surface area contributed by atoms with Crippen LogP contribution >= 0.6 is 0 Å². The molecular formula is C13H22N2O. The van der Waals surface area contributed by atoms with Gasteiger partial charge in [-0.15, -0.1) is 0 Å². The largest absolute Gasteiger partial charge is 0.353 e. The van der Waals surface area contributed by atoms with Gasteiger partial charge in [0.15, 0.2) is 0 Å². The van der Waals surface area contributed by atoms with Crippen LogP contribution in [0.4, 0.5) is 0 Å². The Labute approximate surface area is 97.4 Å². The number of hydrogen-bond donors (Lipinski definition) is 2. The second-order valence-electron chi connectivity index (χ2n) is 6.62. The number of amides is 1. The average Bonchev–Trinajstić information content (AvgIpc) is 3.07. The zero-order valence-corrected chi connectivity index (χ0v) is 10.3. The third-order valence-electron chi connectivity index (χ3n) is 4.94. The van der Waals surface area contributed by atoms with E-state index in [2.05, 4.69) is 24.5 Å². The fourth-order valence-electron chi connectivity index (χ4n) is 3.18. The first-order chi connectivity index (χ1) is 7.54. The molecule has 0 bridgehead atoms. The summed E-state index contributed by atoms with van der Waals surface area (Å²) in [7, 11) is 0. The second-order valence-corrected chi connectivity index (χ2v) is 6.62. The summed E-state index contributed by atoms with van der Waals surface area (Å²) < 4.78 is 0. The summed E-state index contributed by atoms with van der Waals surface area (Å²) in [6, 6.07) is 0.444. The Kier molecular flexibility index (Phi) is 2.13. The van der Waals surface area contributed by atoms with E-state index in [1.807, 2.05) is 0 Å². The van der Waals surface area contributed by atoms with E-state index >= 15 is 0 Å². The molecule has 3 aliphatic rings. The van der Waals surface area contributed by atoms with Crippen LogP contribution in [0.2, 0.25) is 0 Å². The summed E-state index contributed by atoms with van der Waals surface area (Å²) in [5.41, 5.74) is 0.736. The lowest BCUT2D eigenvalue weighted by molar-refractivity contribution is -0.123. The molecule has 2 N–H and O–H groups in total. The third kappa shape index (κ3) is 1.65. The van der Waals surface area contributed by atoms with Gasteiger partial charge in [-0.3, -0.25) is 4.79 Å². The molecule has 16 heavy (non-hydrogen) atoms. The van der Waals surface area contributed by atoms with Gasteiger partial charge >= 0.3 is 0 Å². The van der Waals surface area contributed by atoms with Gasteiger partial charge in [0.2, 0.25) is 5.91 Å². The van der Waals surface area contributed by atoms with Gasteiger partial charge in [-0.1, -0.05) is 13.8 Å². The van der Waals surface area contributed by atoms with Gasteiger partial charge in [-0.05, 0) is 49.6 Å². The molecule has 1 heterocycles. The predicted octanol–water partition coefficient (Wildman–Crippen LogP) is 1.29. The third-order valence-corrected chi connectivity index (χ3v) is 4.94. The predicted molar refractivity (Wildman–Crippen MR) is 63.0 cm³/mol. The molecule has 3 fully saturated rings. The Morgan fingerprint density at radius 3 is 2.44 bits per heavy atom. The fourth-order valence-corrected chi connectivity index (χ4v) is 3.18. The van der Waals surface area contributed by atoms with E-state index in [4.69, 9.17) is 0 Å². The van der Waals surface area contributed by atoms with Gasteiger partial charge in [-0.2, -0.15) is 0 Å². The Morgan fingerprint density at radius 1 is 1.25 bits per heavy atom. The zero-order chi connectivity index (χ0) is 11.4. The van der Waals surface area contributed by atoms with Gasteiger partial charge < -0.3 is 10.6 Å². The van der Waals surface area contributed by atoms with Crippen LogP contribution < -0.4 is 10.6 Å². The zero-order valence-electron chi connectivity index (χ0n) is 10.3. The first-order valence-corrected chi connectivity index (χ1v) is 6.55. The number of carbonyl (C=O) groups excluding carboxylic acids is 1. The first-order valence-electron chi connectivity index (χ1n) is 6.55. The normalized spacial score (nSPS) is 38.1. The van der Waals surface area contributed by atoms with E-state index in [0.29, 0.717) is 28.7 Å². The van der Waals surface area contributed by atoms with Crippen molar-refractivity contribution in [1.29, 1.82) is 0 Å². The van der Waals surface area contributed by atoms with Crippen molar-refractivity contribution in [2.75, 3.05) is 13.1 Å². The molecule has 2 unspecified atom stereocenters. The maximum Gasteiger partial charge on any atom is 0.223 e. The van der Waals surface area contributed by atoms with E-state index < -0.39 is 0 Å². The summed E-state index contributed by atoms with van der Waals surface area (Å²) in [6.45, 7) is 6.65. The Morgan fingerprint density at radius 2 is 1.88 bits per heavy atom. The molecule has 3 heteroatoms. The number of piperidine rings is 1. The molecule has 2 saturated carbocycles. The van der Waals surface area contributed by atoms with Crippen LogP contribution in [0.25, 0.3) is 0 Å². The van der Waals surface area contributed by atoms with E-state index in [0.717, 1.165) is 25.9 Å². The molecular weight excluding hydrogens is 200 g/mol. The Hall–Kier alpha value is -0.570. The molecule has 2 aliphatic carbocycles. The van der Waals surface area contributed by atoms with E-state index in [9.17, 15) is 4.79 Å². The molecule has 1 spiro atoms. The van der Waals surface area contributed by atoms with Crippen molar-refractivity contribution in [2.24, 2.45) is 16.7 Å². The van der Waals surface area contributed by atoms with Crippen molar-refractivity contribution in [1.82, 2.24) is 10.6 Å². The minimum Gasteiger partial charge on any atom is -0.353 e. The van der Waals surface area contributed by atoms with Gasteiger partial charge in [0.1, 0.15) is 0 Å². The molecule has 0 aromatic carbocycles. The lowest BCUT2D eigenvalue weighted by Crippen LogP contribution is -2.35. The molecule has 0 aromatic rings. The quantitative estimate of drug-likeness (QED) is 0.739.